The van der Waals surface area contributed by atoms with E-state index in [1.54, 1.807) is 6.20 Å². The van der Waals surface area contributed by atoms with Crippen molar-refractivity contribution < 1.29 is 27.9 Å². The Morgan fingerprint density at radius 1 is 1.13 bits per heavy atom. The minimum absolute atomic E-state index is 0.0851. The van der Waals surface area contributed by atoms with Gasteiger partial charge in [0, 0.05) is 55.2 Å². The number of hydrogen-bond donors (Lipinski definition) is 1. The van der Waals surface area contributed by atoms with E-state index in [2.05, 4.69) is 43.4 Å². The highest BCUT2D eigenvalue weighted by molar-refractivity contribution is 7.12. The zero-order valence-corrected chi connectivity index (χ0v) is 27.4. The monoisotopic (exact) mass is 669 g/mol. The number of carboxylic acids is 1. The van der Waals surface area contributed by atoms with Gasteiger partial charge in [-0.2, -0.15) is 13.2 Å². The molecule has 10 nitrogen and oxygen atoms in total. The van der Waals surface area contributed by atoms with E-state index in [0.717, 1.165) is 36.4 Å². The first-order chi connectivity index (χ1) is 22.3. The molecule has 14 heteroatoms. The average molecular weight is 670 g/mol. The van der Waals surface area contributed by atoms with Crippen LogP contribution in [0.5, 0.6) is 0 Å². The maximum Gasteiger partial charge on any atom is 0.415 e. The van der Waals surface area contributed by atoms with Gasteiger partial charge in [0.2, 0.25) is 0 Å². The molecule has 1 N–H and O–H groups in total. The van der Waals surface area contributed by atoms with E-state index in [9.17, 15) is 22.8 Å². The van der Waals surface area contributed by atoms with Crippen molar-refractivity contribution in [1.82, 2.24) is 24.8 Å². The van der Waals surface area contributed by atoms with Crippen LogP contribution in [0.4, 0.5) is 24.7 Å². The van der Waals surface area contributed by atoms with Gasteiger partial charge in [0.1, 0.15) is 16.5 Å². The number of alkyl halides is 3. The lowest BCUT2D eigenvalue weighted by atomic mass is 10.0. The van der Waals surface area contributed by atoms with Gasteiger partial charge in [0.25, 0.3) is 0 Å². The zero-order valence-electron chi connectivity index (χ0n) is 26.6. The van der Waals surface area contributed by atoms with Crippen molar-refractivity contribution in [2.45, 2.75) is 71.3 Å². The molecular formula is C33H38F3N7O3S. The summed E-state index contributed by atoms with van der Waals surface area (Å²) >= 11 is 1.31. The molecule has 0 amide bonds. The Morgan fingerprint density at radius 2 is 1.91 bits per heavy atom. The highest BCUT2D eigenvalue weighted by Crippen LogP contribution is 2.39. The topological polar surface area (TPSA) is 107 Å². The summed E-state index contributed by atoms with van der Waals surface area (Å²) in [6.07, 6.45) is 0.423. The SMILES string of the molecule is [C-]#[N+]c1cc(-c2nc(CC(=O)c3cnc(N4CCN(CCC(=O)O)[C@H](C)C4)cn3)sc2CN2CCC[C@H]2C(C)C)cc(C(F)(F)F)c1. The number of thiazole rings is 1. The van der Waals surface area contributed by atoms with Crippen LogP contribution >= 0.6 is 11.3 Å². The Hall–Kier alpha value is -3.93. The summed E-state index contributed by atoms with van der Waals surface area (Å²) in [5.41, 5.74) is -0.308. The van der Waals surface area contributed by atoms with Gasteiger partial charge in [-0.15, -0.1) is 11.3 Å². The molecular weight excluding hydrogens is 631 g/mol. The number of carbonyl (C=O) groups is 2. The zero-order chi connectivity index (χ0) is 33.9. The molecule has 4 heterocycles. The number of likely N-dealkylation sites (tertiary alicyclic amines) is 1. The van der Waals surface area contributed by atoms with Gasteiger partial charge < -0.3 is 10.0 Å². The smallest absolute Gasteiger partial charge is 0.415 e. The Morgan fingerprint density at radius 3 is 2.55 bits per heavy atom. The predicted octanol–water partition coefficient (Wildman–Crippen LogP) is 6.20. The van der Waals surface area contributed by atoms with Gasteiger partial charge in [-0.05, 0) is 56.0 Å². The lowest BCUT2D eigenvalue weighted by Gasteiger charge is -2.40. The fourth-order valence-corrected chi connectivity index (χ4v) is 7.52. The summed E-state index contributed by atoms with van der Waals surface area (Å²) in [6, 6.07) is 3.75. The van der Waals surface area contributed by atoms with E-state index in [4.69, 9.17) is 16.7 Å². The Labute approximate surface area is 276 Å². The van der Waals surface area contributed by atoms with Crippen molar-refractivity contribution >= 4 is 34.6 Å². The van der Waals surface area contributed by atoms with Crippen molar-refractivity contribution in [2.24, 2.45) is 5.92 Å². The number of halogens is 3. The molecule has 47 heavy (non-hydrogen) atoms. The summed E-state index contributed by atoms with van der Waals surface area (Å²) < 4.78 is 41.3. The van der Waals surface area contributed by atoms with Crippen LogP contribution in [0.15, 0.2) is 30.6 Å². The normalized spacial score (nSPS) is 19.3. The fourth-order valence-electron chi connectivity index (χ4n) is 6.40. The largest absolute Gasteiger partial charge is 0.481 e. The van der Waals surface area contributed by atoms with Gasteiger partial charge in [-0.1, -0.05) is 13.8 Å². The molecule has 250 valence electrons. The number of aliphatic carboxylic acids is 1. The van der Waals surface area contributed by atoms with E-state index in [1.165, 1.54) is 23.6 Å². The van der Waals surface area contributed by atoms with Crippen LogP contribution in [0.25, 0.3) is 16.1 Å². The number of carboxylic acid groups (broad SMARTS) is 1. The molecule has 2 saturated heterocycles. The van der Waals surface area contributed by atoms with E-state index < -0.39 is 17.7 Å². The molecule has 2 aliphatic heterocycles. The minimum Gasteiger partial charge on any atom is -0.481 e. The average Bonchev–Trinajstić information content (AvgIpc) is 3.67. The lowest BCUT2D eigenvalue weighted by molar-refractivity contribution is -0.138. The molecule has 1 aromatic carbocycles. The standard InChI is InChI=1S/C33H38F3N7O3S/c1-20(2)26-6-5-8-42(26)19-28-32(22-12-23(33(34,35)36)14-24(13-22)37-4)40-30(47-28)15-27(44)25-16-39-29(17-38-25)43-11-10-41(21(3)18-43)9-7-31(45)46/h12-14,16-17,20-21,26H,5-11,15,18-19H2,1-3H3,(H,45,46)/t21-,26+/m1/s1. The van der Waals surface area contributed by atoms with E-state index in [1.807, 2.05) is 6.92 Å². The molecule has 0 saturated carbocycles. The second kappa shape index (κ2) is 14.5. The molecule has 3 aromatic rings. The maximum absolute atomic E-state index is 13.8. The van der Waals surface area contributed by atoms with E-state index >= 15 is 0 Å². The number of nitrogens with zero attached hydrogens (tertiary/aromatic N) is 7. The molecule has 2 atom stereocenters. The van der Waals surface area contributed by atoms with Crippen LogP contribution in [0, 0.1) is 12.5 Å². The Bertz CT molecular complexity index is 1640. The molecule has 2 aromatic heterocycles. The van der Waals surface area contributed by atoms with Crippen LogP contribution < -0.4 is 4.90 Å². The number of ketones is 1. The highest BCUT2D eigenvalue weighted by Gasteiger charge is 2.33. The number of piperazine rings is 1. The molecule has 0 bridgehead atoms. The molecule has 0 spiro atoms. The number of Topliss-reactive ketones (excluding diaryl/α,β-unsaturated/α-hetero) is 1. The Kier molecular flexibility index (Phi) is 10.6. The van der Waals surface area contributed by atoms with Gasteiger partial charge in [0.15, 0.2) is 11.5 Å². The number of rotatable bonds is 11. The summed E-state index contributed by atoms with van der Waals surface area (Å²) in [5.74, 6) is -0.111. The second-order valence-corrected chi connectivity index (χ2v) is 13.7. The van der Waals surface area contributed by atoms with E-state index in [-0.39, 0.29) is 41.6 Å². The molecule has 0 radical (unpaired) electrons. The third-order valence-electron chi connectivity index (χ3n) is 8.86. The number of anilines is 1. The summed E-state index contributed by atoms with van der Waals surface area (Å²) in [7, 11) is 0. The predicted molar refractivity (Wildman–Crippen MR) is 173 cm³/mol. The lowest BCUT2D eigenvalue weighted by Crippen LogP contribution is -2.52. The first kappa shape index (κ1) is 34.4. The van der Waals surface area contributed by atoms with Gasteiger partial charge in [-0.25, -0.2) is 19.8 Å². The summed E-state index contributed by atoms with van der Waals surface area (Å²) in [4.78, 5) is 48.4. The van der Waals surface area contributed by atoms with Crippen molar-refractivity contribution in [3.05, 3.63) is 63.2 Å². The van der Waals surface area contributed by atoms with Crippen molar-refractivity contribution in [1.29, 1.82) is 0 Å². The Balaban J connectivity index is 1.36. The first-order valence-corrected chi connectivity index (χ1v) is 16.5. The number of benzene rings is 1. The maximum atomic E-state index is 13.8. The number of aromatic nitrogens is 3. The third-order valence-corrected chi connectivity index (χ3v) is 9.90. The van der Waals surface area contributed by atoms with Crippen LogP contribution in [-0.4, -0.2) is 86.4 Å². The van der Waals surface area contributed by atoms with Gasteiger partial charge >= 0.3 is 12.1 Å². The van der Waals surface area contributed by atoms with Gasteiger partial charge in [-0.3, -0.25) is 19.4 Å². The molecule has 0 aliphatic carbocycles. The number of hydrogen-bond acceptors (Lipinski definition) is 9. The van der Waals surface area contributed by atoms with Crippen LogP contribution in [0.1, 0.15) is 66.0 Å². The first-order valence-electron chi connectivity index (χ1n) is 15.7. The quantitative estimate of drug-likeness (QED) is 0.189. The molecule has 5 rings (SSSR count). The summed E-state index contributed by atoms with van der Waals surface area (Å²) in [5, 5.41) is 9.45. The van der Waals surface area contributed by atoms with Gasteiger partial charge in [0.05, 0.1) is 37.5 Å². The molecule has 2 fully saturated rings. The fraction of sp³-hybridized carbons (Fsp3) is 0.515. The van der Waals surface area contributed by atoms with Crippen LogP contribution in [0.3, 0.4) is 0 Å². The van der Waals surface area contributed by atoms with Crippen molar-refractivity contribution in [3.63, 3.8) is 0 Å². The molecule has 0 unspecified atom stereocenters. The minimum atomic E-state index is -4.63. The van der Waals surface area contributed by atoms with Crippen LogP contribution in [-0.2, 0) is 23.9 Å². The molecule has 2 aliphatic rings. The van der Waals surface area contributed by atoms with E-state index in [0.29, 0.717) is 61.2 Å². The summed E-state index contributed by atoms with van der Waals surface area (Å²) in [6.45, 7) is 17.5. The van der Waals surface area contributed by atoms with Crippen molar-refractivity contribution in [2.75, 3.05) is 37.6 Å². The van der Waals surface area contributed by atoms with Crippen LogP contribution in [0.2, 0.25) is 0 Å². The van der Waals surface area contributed by atoms with Crippen molar-refractivity contribution in [3.8, 4) is 11.3 Å². The second-order valence-electron chi connectivity index (χ2n) is 12.5. The number of carbonyl (C=O) groups excluding carboxylic acids is 1. The third kappa shape index (κ3) is 8.33. The highest BCUT2D eigenvalue weighted by atomic mass is 32.1.